The lowest BCUT2D eigenvalue weighted by molar-refractivity contribution is -0.150. The monoisotopic (exact) mass is 578 g/mol. The van der Waals surface area contributed by atoms with Crippen LogP contribution in [-0.2, 0) is 41.7 Å². The fourth-order valence-corrected chi connectivity index (χ4v) is 4.65. The van der Waals surface area contributed by atoms with Gasteiger partial charge < -0.3 is 19.3 Å². The number of hydrogen-bond donors (Lipinski definition) is 2. The van der Waals surface area contributed by atoms with E-state index in [1.54, 1.807) is 38.1 Å². The summed E-state index contributed by atoms with van der Waals surface area (Å²) < 4.78 is 10.1. The highest BCUT2D eigenvalue weighted by atomic mass is 16.5. The third-order valence-electron chi connectivity index (χ3n) is 6.51. The Hall–Kier alpha value is -5.14. The van der Waals surface area contributed by atoms with Crippen LogP contribution in [0.4, 0.5) is 11.6 Å². The highest BCUT2D eigenvalue weighted by molar-refractivity contribution is 6.01. The van der Waals surface area contributed by atoms with Gasteiger partial charge in [0, 0.05) is 37.3 Å². The van der Waals surface area contributed by atoms with Gasteiger partial charge >= 0.3 is 11.9 Å². The average Bonchev–Trinajstić information content (AvgIpc) is 3.27. The molecule has 0 bridgehead atoms. The van der Waals surface area contributed by atoms with Gasteiger partial charge in [-0.05, 0) is 55.7 Å². The molecule has 14 nitrogen and oxygen atoms in total. The number of nitrogens with zero attached hydrogens (tertiary/aromatic N) is 4. The number of fused-ring (bicyclic) bond motifs is 2. The van der Waals surface area contributed by atoms with Crippen molar-refractivity contribution in [2.75, 3.05) is 23.4 Å². The van der Waals surface area contributed by atoms with Crippen molar-refractivity contribution in [3.63, 3.8) is 0 Å². The number of benzene rings is 1. The van der Waals surface area contributed by atoms with E-state index >= 15 is 0 Å². The summed E-state index contributed by atoms with van der Waals surface area (Å²) in [6, 6.07) is 5.43. The van der Waals surface area contributed by atoms with Gasteiger partial charge in [-0.2, -0.15) is 4.98 Å². The second kappa shape index (κ2) is 13.0. The minimum absolute atomic E-state index is 0.0254. The molecule has 0 fully saturated rings. The van der Waals surface area contributed by atoms with Crippen LogP contribution in [0, 0.1) is 0 Å². The van der Waals surface area contributed by atoms with Crippen LogP contribution < -0.4 is 15.8 Å². The van der Waals surface area contributed by atoms with Crippen LogP contribution in [0.2, 0.25) is 0 Å². The van der Waals surface area contributed by atoms with Crippen LogP contribution in [-0.4, -0.2) is 69.3 Å². The van der Waals surface area contributed by atoms with E-state index in [2.05, 4.69) is 20.3 Å². The molecule has 1 atom stereocenters. The van der Waals surface area contributed by atoms with Gasteiger partial charge in [-0.15, -0.1) is 0 Å². The normalized spacial score (nSPS) is 12.9. The Bertz CT molecular complexity index is 1600. The number of esters is 2. The number of carbonyl (C=O) groups is 5. The maximum Gasteiger partial charge on any atom is 0.328 e. The third kappa shape index (κ3) is 6.59. The average molecular weight is 579 g/mol. The summed E-state index contributed by atoms with van der Waals surface area (Å²) in [6.07, 6.45) is 2.06. The standard InChI is InChI=1S/C28H30N6O8/c1-4-41-23(37)9-8-22(27(40)42-5-2)34-14-18-11-19(6-7-20(18)26(34)39)33(15-35)13-17-10-21-24(29-12-17)31-28(30-16(3)36)32-25(21)38/h6-7,10-12,15,22H,4-5,8-9,13-14H2,1-3H3,(H2,29,30,31,32,36,38)/t22-/m0/s1. The molecule has 220 valence electrons. The van der Waals surface area contributed by atoms with Crippen LogP contribution >= 0.6 is 0 Å². The van der Waals surface area contributed by atoms with E-state index < -0.39 is 29.4 Å². The van der Waals surface area contributed by atoms with Crippen molar-refractivity contribution in [1.29, 1.82) is 0 Å². The Morgan fingerprint density at radius 2 is 1.93 bits per heavy atom. The molecular weight excluding hydrogens is 548 g/mol. The zero-order valence-corrected chi connectivity index (χ0v) is 23.3. The first-order valence-corrected chi connectivity index (χ1v) is 13.3. The third-order valence-corrected chi connectivity index (χ3v) is 6.51. The number of aromatic nitrogens is 3. The lowest BCUT2D eigenvalue weighted by Gasteiger charge is -2.25. The predicted octanol–water partition coefficient (Wildman–Crippen LogP) is 1.67. The second-order valence-corrected chi connectivity index (χ2v) is 9.43. The first-order valence-electron chi connectivity index (χ1n) is 13.3. The number of anilines is 2. The van der Waals surface area contributed by atoms with E-state index in [1.165, 1.54) is 22.9 Å². The minimum Gasteiger partial charge on any atom is -0.466 e. The summed E-state index contributed by atoms with van der Waals surface area (Å²) in [5.74, 6) is -1.91. The first-order chi connectivity index (χ1) is 20.1. The Labute approximate surface area is 240 Å². The quantitative estimate of drug-likeness (QED) is 0.237. The lowest BCUT2D eigenvalue weighted by Crippen LogP contribution is -2.42. The van der Waals surface area contributed by atoms with Gasteiger partial charge in [-0.25, -0.2) is 9.78 Å². The minimum atomic E-state index is -0.985. The highest BCUT2D eigenvalue weighted by Crippen LogP contribution is 2.30. The number of nitrogens with one attached hydrogen (secondary N) is 2. The summed E-state index contributed by atoms with van der Waals surface area (Å²) in [5.41, 5.74) is 1.59. The molecule has 1 aliphatic rings. The molecule has 14 heteroatoms. The Morgan fingerprint density at radius 1 is 1.17 bits per heavy atom. The lowest BCUT2D eigenvalue weighted by atomic mass is 10.1. The predicted molar refractivity (Wildman–Crippen MR) is 149 cm³/mol. The molecule has 0 spiro atoms. The van der Waals surface area contributed by atoms with Gasteiger partial charge in [0.2, 0.25) is 18.3 Å². The molecule has 2 aromatic heterocycles. The largest absolute Gasteiger partial charge is 0.466 e. The van der Waals surface area contributed by atoms with Crippen molar-refractivity contribution in [2.45, 2.75) is 52.7 Å². The zero-order valence-electron chi connectivity index (χ0n) is 23.3. The summed E-state index contributed by atoms with van der Waals surface area (Å²) in [7, 11) is 0. The van der Waals surface area contributed by atoms with Crippen molar-refractivity contribution in [1.82, 2.24) is 19.9 Å². The molecule has 3 aromatic rings. The maximum atomic E-state index is 13.2. The first kappa shape index (κ1) is 29.8. The summed E-state index contributed by atoms with van der Waals surface area (Å²) >= 11 is 0. The van der Waals surface area contributed by atoms with E-state index in [9.17, 15) is 28.8 Å². The molecule has 42 heavy (non-hydrogen) atoms. The van der Waals surface area contributed by atoms with Crippen LogP contribution in [0.5, 0.6) is 0 Å². The molecule has 0 unspecified atom stereocenters. The fourth-order valence-electron chi connectivity index (χ4n) is 4.65. The van der Waals surface area contributed by atoms with Crippen molar-refractivity contribution in [3.05, 3.63) is 57.5 Å². The van der Waals surface area contributed by atoms with Crippen LogP contribution in [0.15, 0.2) is 35.3 Å². The zero-order chi connectivity index (χ0) is 30.4. The highest BCUT2D eigenvalue weighted by Gasteiger charge is 2.37. The van der Waals surface area contributed by atoms with Crippen molar-refractivity contribution < 1.29 is 33.4 Å². The molecule has 0 radical (unpaired) electrons. The van der Waals surface area contributed by atoms with Crippen molar-refractivity contribution >= 4 is 52.8 Å². The van der Waals surface area contributed by atoms with E-state index in [0.717, 1.165) is 0 Å². The van der Waals surface area contributed by atoms with Gasteiger partial charge in [0.25, 0.3) is 11.5 Å². The van der Waals surface area contributed by atoms with Crippen molar-refractivity contribution in [3.8, 4) is 0 Å². The Balaban J connectivity index is 1.55. The molecule has 0 saturated heterocycles. The van der Waals surface area contributed by atoms with Crippen LogP contribution in [0.25, 0.3) is 11.0 Å². The number of ether oxygens (including phenoxy) is 2. The van der Waals surface area contributed by atoms with Gasteiger partial charge in [0.1, 0.15) is 6.04 Å². The number of carbonyl (C=O) groups excluding carboxylic acids is 5. The SMILES string of the molecule is CCOC(=O)CC[C@@H](C(=O)OCC)N1Cc2cc(N(C=O)Cc3cnc4nc(NC(C)=O)[nH]c(=O)c4c3)ccc2C1=O. The van der Waals surface area contributed by atoms with Gasteiger partial charge in [0.15, 0.2) is 5.65 Å². The molecule has 2 N–H and O–H groups in total. The Morgan fingerprint density at radius 3 is 2.62 bits per heavy atom. The maximum absolute atomic E-state index is 13.2. The van der Waals surface area contributed by atoms with E-state index in [0.29, 0.717) is 28.8 Å². The number of H-pyrrole nitrogens is 1. The summed E-state index contributed by atoms with van der Waals surface area (Å²) in [5, 5.41) is 2.58. The molecule has 0 saturated carbocycles. The van der Waals surface area contributed by atoms with Crippen molar-refractivity contribution in [2.24, 2.45) is 0 Å². The number of pyridine rings is 1. The number of hydrogen-bond acceptors (Lipinski definition) is 10. The van der Waals surface area contributed by atoms with Gasteiger partial charge in [-0.1, -0.05) is 0 Å². The molecule has 3 amide bonds. The van der Waals surface area contributed by atoms with E-state index in [-0.39, 0.29) is 62.0 Å². The van der Waals surface area contributed by atoms with E-state index in [4.69, 9.17) is 9.47 Å². The molecule has 3 heterocycles. The van der Waals surface area contributed by atoms with Gasteiger partial charge in [0.05, 0.1) is 25.1 Å². The number of rotatable bonds is 12. The fraction of sp³-hybridized carbons (Fsp3) is 0.357. The molecule has 1 aliphatic heterocycles. The topological polar surface area (TPSA) is 181 Å². The van der Waals surface area contributed by atoms with Crippen LogP contribution in [0.1, 0.15) is 55.1 Å². The summed E-state index contributed by atoms with van der Waals surface area (Å²) in [6.45, 7) is 5.07. The smallest absolute Gasteiger partial charge is 0.328 e. The molecule has 1 aromatic carbocycles. The summed E-state index contributed by atoms with van der Waals surface area (Å²) in [4.78, 5) is 87.4. The second-order valence-electron chi connectivity index (χ2n) is 9.43. The van der Waals surface area contributed by atoms with E-state index in [1.807, 2.05) is 0 Å². The molecule has 0 aliphatic carbocycles. The molecular formula is C28H30N6O8. The van der Waals surface area contributed by atoms with Gasteiger partial charge in [-0.3, -0.25) is 34.3 Å². The number of amides is 3. The van der Waals surface area contributed by atoms with Crippen LogP contribution in [0.3, 0.4) is 0 Å². The molecule has 4 rings (SSSR count). The number of aromatic amines is 1. The Kier molecular flexibility index (Phi) is 9.25.